The molecule has 1 N–H and O–H groups in total. The van der Waals surface area contributed by atoms with Gasteiger partial charge in [0.2, 0.25) is 0 Å². The largest absolute Gasteiger partial charge is 2.00 e. The molecule has 0 aliphatic carbocycles. The fraction of sp³-hybridized carbons (Fsp3) is 0.256. The fourth-order valence-corrected chi connectivity index (χ4v) is 5.62. The molecule has 5 rings (SSSR count). The summed E-state index contributed by atoms with van der Waals surface area (Å²) in [6.45, 7) is 3.18. The molecular weight excluding hydrogens is 617 g/mol. The van der Waals surface area contributed by atoms with Crippen molar-refractivity contribution >= 4 is 23.3 Å². The number of benzene rings is 4. The fourth-order valence-electron chi connectivity index (χ4n) is 5.62. The molecule has 1 aliphatic heterocycles. The van der Waals surface area contributed by atoms with Gasteiger partial charge in [0.25, 0.3) is 0 Å². The normalized spacial score (nSPS) is 15.9. The minimum atomic E-state index is -1.41. The molecule has 1 heterocycles. The number of hydrogen-bond donors (Lipinski definition) is 1. The van der Waals surface area contributed by atoms with Crippen molar-refractivity contribution in [1.29, 1.82) is 0 Å². The van der Waals surface area contributed by atoms with Crippen LogP contribution in [-0.4, -0.2) is 45.7 Å². The first-order chi connectivity index (χ1) is 21.9. The van der Waals surface area contributed by atoms with E-state index in [1.807, 2.05) is 97.1 Å². The Kier molecular flexibility index (Phi) is 12.5. The molecule has 6 nitrogen and oxygen atoms in total. The van der Waals surface area contributed by atoms with Gasteiger partial charge in [-0.05, 0) is 62.4 Å². The molecule has 0 saturated carbocycles. The summed E-state index contributed by atoms with van der Waals surface area (Å²) in [4.78, 5) is 33.5. The van der Waals surface area contributed by atoms with Gasteiger partial charge in [-0.1, -0.05) is 115 Å². The topological polar surface area (TPSA) is 84.1 Å². The van der Waals surface area contributed by atoms with E-state index >= 15 is 0 Å². The number of carbonyl (C=O) groups is 2. The quantitative estimate of drug-likeness (QED) is 0.0775. The van der Waals surface area contributed by atoms with Crippen molar-refractivity contribution in [2.45, 2.75) is 57.2 Å². The summed E-state index contributed by atoms with van der Waals surface area (Å²) in [5.41, 5.74) is 3.05. The van der Waals surface area contributed by atoms with Gasteiger partial charge < -0.3 is 15.2 Å². The van der Waals surface area contributed by atoms with Crippen LogP contribution in [-0.2, 0) is 32.6 Å². The summed E-state index contributed by atoms with van der Waals surface area (Å²) in [6.07, 6.45) is 3.11. The van der Waals surface area contributed by atoms with Gasteiger partial charge in [-0.25, -0.2) is 4.79 Å². The monoisotopic (exact) mass is 654 g/mol. The second kappa shape index (κ2) is 16.7. The Hall–Kier alpha value is -4.50. The minimum absolute atomic E-state index is 0. The molecule has 46 heavy (non-hydrogen) atoms. The SMILES string of the molecule is C[C@](CCCC#Cc1ccccc1)(N=C(c1ccccc1)c1ccccc1[N-]C(=O)C1CCCN1Cc1ccccc1)C(=O)O.[Ni+2]. The van der Waals surface area contributed by atoms with Crippen LogP contribution in [0.25, 0.3) is 5.32 Å². The van der Waals surface area contributed by atoms with Crippen LogP contribution in [0.4, 0.5) is 5.69 Å². The van der Waals surface area contributed by atoms with Gasteiger partial charge in [0, 0.05) is 24.1 Å². The summed E-state index contributed by atoms with van der Waals surface area (Å²) in [5, 5.41) is 15.0. The number of carboxylic acid groups (broad SMARTS) is 1. The Morgan fingerprint density at radius 3 is 2.24 bits per heavy atom. The Morgan fingerprint density at radius 2 is 1.54 bits per heavy atom. The average molecular weight is 655 g/mol. The number of amides is 1. The first-order valence-corrected chi connectivity index (χ1v) is 15.5. The molecule has 0 aromatic heterocycles. The molecule has 0 bridgehead atoms. The van der Waals surface area contributed by atoms with Crippen molar-refractivity contribution in [3.63, 3.8) is 0 Å². The van der Waals surface area contributed by atoms with Crippen LogP contribution in [0.1, 0.15) is 61.3 Å². The van der Waals surface area contributed by atoms with Crippen LogP contribution in [0.5, 0.6) is 0 Å². The summed E-state index contributed by atoms with van der Waals surface area (Å²) >= 11 is 0. The van der Waals surface area contributed by atoms with E-state index in [2.05, 4.69) is 34.2 Å². The minimum Gasteiger partial charge on any atom is -0.625 e. The van der Waals surface area contributed by atoms with Crippen LogP contribution in [0.15, 0.2) is 120 Å². The van der Waals surface area contributed by atoms with E-state index in [1.54, 1.807) is 13.0 Å². The second-order valence-corrected chi connectivity index (χ2v) is 11.5. The van der Waals surface area contributed by atoms with E-state index < -0.39 is 11.5 Å². The number of carbonyl (C=O) groups excluding carboxylic acids is 1. The summed E-state index contributed by atoms with van der Waals surface area (Å²) in [6, 6.07) is 36.5. The molecule has 1 fully saturated rings. The molecule has 2 atom stereocenters. The van der Waals surface area contributed by atoms with Gasteiger partial charge in [0.15, 0.2) is 5.54 Å². The molecule has 0 radical (unpaired) electrons. The molecule has 1 aliphatic rings. The van der Waals surface area contributed by atoms with Crippen molar-refractivity contribution < 1.29 is 31.2 Å². The molecule has 1 saturated heterocycles. The molecule has 236 valence electrons. The Bertz CT molecular complexity index is 1680. The van der Waals surface area contributed by atoms with E-state index in [9.17, 15) is 14.7 Å². The molecule has 1 amide bonds. The predicted octanol–water partition coefficient (Wildman–Crippen LogP) is 7.78. The van der Waals surface area contributed by atoms with E-state index in [0.717, 1.165) is 36.1 Å². The number of hydrogen-bond acceptors (Lipinski definition) is 4. The van der Waals surface area contributed by atoms with Crippen molar-refractivity contribution in [3.05, 3.63) is 143 Å². The zero-order chi connectivity index (χ0) is 31.5. The maximum atomic E-state index is 13.7. The molecule has 7 heteroatoms. The number of rotatable bonds is 11. The van der Waals surface area contributed by atoms with Crippen LogP contribution < -0.4 is 0 Å². The Balaban J connectivity index is 0.00000480. The van der Waals surface area contributed by atoms with Gasteiger partial charge >= 0.3 is 22.5 Å². The summed E-state index contributed by atoms with van der Waals surface area (Å²) in [7, 11) is 0. The number of unbranched alkanes of at least 4 members (excludes halogenated alkanes) is 1. The second-order valence-electron chi connectivity index (χ2n) is 11.5. The third-order valence-corrected chi connectivity index (χ3v) is 8.11. The van der Waals surface area contributed by atoms with Crippen molar-refractivity contribution in [1.82, 2.24) is 4.90 Å². The van der Waals surface area contributed by atoms with E-state index in [-0.39, 0.29) is 28.4 Å². The first kappa shape index (κ1) is 34.4. The zero-order valence-corrected chi connectivity index (χ0v) is 26.9. The van der Waals surface area contributed by atoms with E-state index in [1.165, 1.54) is 0 Å². The van der Waals surface area contributed by atoms with Crippen LogP contribution >= 0.6 is 0 Å². The van der Waals surface area contributed by atoms with Crippen molar-refractivity contribution in [2.75, 3.05) is 6.54 Å². The maximum absolute atomic E-state index is 13.7. The van der Waals surface area contributed by atoms with Crippen molar-refractivity contribution in [2.24, 2.45) is 4.99 Å². The molecule has 4 aromatic carbocycles. The third kappa shape index (κ3) is 9.04. The number of para-hydroxylation sites is 1. The standard InChI is InChI=1S/C39H39N3O3.Ni/c1-39(38(44)45,27-15-5-10-19-30-17-6-2-7-18-30)41-36(32-22-11-4-12-23-32)33-24-13-14-25-34(33)40-37(43)35-26-16-28-42(35)29-31-20-8-3-9-21-31;/h2-4,6-9,11-14,17-18,20-25,35H,5,15-16,26-29H2,1H3,(H2,40,41,43,44,45);/q;+2/p-1/t35?,39-;/m1./s1. The number of likely N-dealkylation sites (tertiary alicyclic amines) is 1. The van der Waals surface area contributed by atoms with Gasteiger partial charge in [-0.2, -0.15) is 0 Å². The number of aliphatic carboxylic acids is 1. The van der Waals surface area contributed by atoms with Crippen LogP contribution in [0.2, 0.25) is 0 Å². The Labute approximate surface area is 281 Å². The number of aliphatic imine (C=N–C) groups is 1. The molecule has 0 spiro atoms. The first-order valence-electron chi connectivity index (χ1n) is 15.5. The summed E-state index contributed by atoms with van der Waals surface area (Å²) in [5.74, 6) is 5.09. The van der Waals surface area contributed by atoms with Crippen LogP contribution in [0, 0.1) is 11.8 Å². The van der Waals surface area contributed by atoms with Crippen LogP contribution in [0.3, 0.4) is 0 Å². The summed E-state index contributed by atoms with van der Waals surface area (Å²) < 4.78 is 0. The third-order valence-electron chi connectivity index (χ3n) is 8.11. The van der Waals surface area contributed by atoms with Gasteiger partial charge in [-0.15, -0.1) is 5.69 Å². The Morgan fingerprint density at radius 1 is 0.913 bits per heavy atom. The number of nitrogens with zero attached hydrogens (tertiary/aromatic N) is 3. The average Bonchev–Trinajstić information content (AvgIpc) is 3.53. The van der Waals surface area contributed by atoms with Gasteiger partial charge in [0.05, 0.1) is 17.7 Å². The predicted molar refractivity (Wildman–Crippen MR) is 180 cm³/mol. The maximum Gasteiger partial charge on any atom is 2.00 e. The van der Waals surface area contributed by atoms with E-state index in [0.29, 0.717) is 42.8 Å². The van der Waals surface area contributed by atoms with E-state index in [4.69, 9.17) is 4.99 Å². The van der Waals surface area contributed by atoms with Gasteiger partial charge in [0.1, 0.15) is 0 Å². The van der Waals surface area contributed by atoms with Crippen molar-refractivity contribution in [3.8, 4) is 11.8 Å². The van der Waals surface area contributed by atoms with Gasteiger partial charge in [-0.3, -0.25) is 9.89 Å². The zero-order valence-electron chi connectivity index (χ0n) is 25.9. The molecule has 1 unspecified atom stereocenters. The molecular formula is C39H38N3NiO3+. The number of carboxylic acids is 1. The molecule has 4 aromatic rings. The smallest absolute Gasteiger partial charge is 0.625 e.